The molecule has 5 nitrogen and oxygen atoms in total. The second-order valence-corrected chi connectivity index (χ2v) is 8.13. The van der Waals surface area contributed by atoms with Gasteiger partial charge in [-0.1, -0.05) is 66.9 Å². The molecule has 1 amide bonds. The standard InChI is InChI=1S/C24H27ClN4O/c1-18-22(23(25)29(27-18)17-19-11-5-4-6-12-19)24(30)26-20-13-7-8-14-21(20)28-15-9-2-3-10-16-28/h4-8,11-14H,2-3,9-10,15-17H2,1H3,(H,26,30). The Kier molecular flexibility index (Phi) is 6.38. The maximum atomic E-state index is 13.2. The first kappa shape index (κ1) is 20.5. The molecule has 30 heavy (non-hydrogen) atoms. The van der Waals surface area contributed by atoms with Gasteiger partial charge in [0.1, 0.15) is 5.15 Å². The molecule has 0 atom stereocenters. The number of aryl methyl sites for hydroxylation is 1. The molecule has 0 saturated carbocycles. The van der Waals surface area contributed by atoms with Crippen LogP contribution in [0.2, 0.25) is 5.15 Å². The lowest BCUT2D eigenvalue weighted by molar-refractivity contribution is 0.102. The van der Waals surface area contributed by atoms with E-state index in [1.807, 2.05) is 55.5 Å². The maximum Gasteiger partial charge on any atom is 0.260 e. The molecule has 156 valence electrons. The van der Waals surface area contributed by atoms with Crippen LogP contribution in [0.1, 0.15) is 47.3 Å². The van der Waals surface area contributed by atoms with Gasteiger partial charge in [0.2, 0.25) is 0 Å². The minimum Gasteiger partial charge on any atom is -0.370 e. The minimum absolute atomic E-state index is 0.223. The van der Waals surface area contributed by atoms with Crippen LogP contribution in [0.3, 0.4) is 0 Å². The third kappa shape index (κ3) is 4.51. The molecule has 1 saturated heterocycles. The molecule has 2 heterocycles. The number of amides is 1. The highest BCUT2D eigenvalue weighted by Crippen LogP contribution is 2.29. The summed E-state index contributed by atoms with van der Waals surface area (Å²) in [5.41, 5.74) is 4.02. The summed E-state index contributed by atoms with van der Waals surface area (Å²) in [6, 6.07) is 18.0. The number of hydrogen-bond acceptors (Lipinski definition) is 3. The van der Waals surface area contributed by atoms with Crippen LogP contribution >= 0.6 is 11.6 Å². The summed E-state index contributed by atoms with van der Waals surface area (Å²) in [6.07, 6.45) is 4.89. The summed E-state index contributed by atoms with van der Waals surface area (Å²) in [4.78, 5) is 15.5. The molecule has 3 aromatic rings. The van der Waals surface area contributed by atoms with E-state index in [-0.39, 0.29) is 5.91 Å². The van der Waals surface area contributed by atoms with Crippen molar-refractivity contribution in [3.05, 3.63) is 76.6 Å². The van der Waals surface area contributed by atoms with Crippen LogP contribution < -0.4 is 10.2 Å². The predicted octanol–water partition coefficient (Wildman–Crippen LogP) is 5.53. The van der Waals surface area contributed by atoms with E-state index in [0.717, 1.165) is 30.0 Å². The average molecular weight is 423 g/mol. The Balaban J connectivity index is 1.56. The van der Waals surface area contributed by atoms with E-state index >= 15 is 0 Å². The van der Waals surface area contributed by atoms with E-state index in [1.54, 1.807) is 4.68 Å². The first-order chi connectivity index (χ1) is 14.6. The zero-order valence-corrected chi connectivity index (χ0v) is 18.0. The van der Waals surface area contributed by atoms with Gasteiger partial charge in [-0.2, -0.15) is 5.10 Å². The molecule has 2 aromatic carbocycles. The number of nitrogens with one attached hydrogen (secondary N) is 1. The molecule has 0 aliphatic carbocycles. The lowest BCUT2D eigenvalue weighted by Gasteiger charge is -2.25. The van der Waals surface area contributed by atoms with Crippen molar-refractivity contribution in [2.24, 2.45) is 0 Å². The van der Waals surface area contributed by atoms with Crippen molar-refractivity contribution in [3.63, 3.8) is 0 Å². The Morgan fingerprint density at radius 3 is 2.40 bits per heavy atom. The Morgan fingerprint density at radius 1 is 1.00 bits per heavy atom. The van der Waals surface area contributed by atoms with Gasteiger partial charge in [-0.05, 0) is 37.5 Å². The van der Waals surface area contributed by atoms with Gasteiger partial charge in [-0.3, -0.25) is 4.79 Å². The molecular formula is C24H27ClN4O. The Hall–Kier alpha value is -2.79. The number of carbonyl (C=O) groups is 1. The first-order valence-corrected chi connectivity index (χ1v) is 10.9. The van der Waals surface area contributed by atoms with Gasteiger partial charge in [0.25, 0.3) is 5.91 Å². The van der Waals surface area contributed by atoms with Gasteiger partial charge < -0.3 is 10.2 Å². The van der Waals surface area contributed by atoms with E-state index in [0.29, 0.717) is 23.0 Å². The van der Waals surface area contributed by atoms with Crippen molar-refractivity contribution in [1.82, 2.24) is 9.78 Å². The Morgan fingerprint density at radius 2 is 1.67 bits per heavy atom. The van der Waals surface area contributed by atoms with E-state index < -0.39 is 0 Å². The third-order valence-electron chi connectivity index (χ3n) is 5.57. The number of rotatable bonds is 5. The van der Waals surface area contributed by atoms with Gasteiger partial charge in [0, 0.05) is 13.1 Å². The Labute approximate surface area is 182 Å². The van der Waals surface area contributed by atoms with Gasteiger partial charge in [-0.15, -0.1) is 0 Å². The lowest BCUT2D eigenvalue weighted by Crippen LogP contribution is -2.25. The monoisotopic (exact) mass is 422 g/mol. The molecular weight excluding hydrogens is 396 g/mol. The molecule has 1 N–H and O–H groups in total. The fourth-order valence-corrected chi connectivity index (χ4v) is 4.34. The predicted molar refractivity (Wildman–Crippen MR) is 123 cm³/mol. The second kappa shape index (κ2) is 9.35. The highest BCUT2D eigenvalue weighted by molar-refractivity contribution is 6.33. The molecule has 1 fully saturated rings. The second-order valence-electron chi connectivity index (χ2n) is 7.77. The molecule has 0 radical (unpaired) electrons. The molecule has 6 heteroatoms. The number of anilines is 2. The number of nitrogens with zero attached hydrogens (tertiary/aromatic N) is 3. The summed E-state index contributed by atoms with van der Waals surface area (Å²) >= 11 is 6.58. The van der Waals surface area contributed by atoms with E-state index in [9.17, 15) is 4.79 Å². The van der Waals surface area contributed by atoms with Gasteiger partial charge in [0.05, 0.1) is 29.2 Å². The van der Waals surface area contributed by atoms with Gasteiger partial charge >= 0.3 is 0 Å². The van der Waals surface area contributed by atoms with Crippen molar-refractivity contribution in [3.8, 4) is 0 Å². The number of para-hydroxylation sites is 2. The van der Waals surface area contributed by atoms with Crippen molar-refractivity contribution in [2.45, 2.75) is 39.2 Å². The zero-order chi connectivity index (χ0) is 20.9. The summed E-state index contributed by atoms with van der Waals surface area (Å²) in [6.45, 7) is 4.38. The van der Waals surface area contributed by atoms with Crippen LogP contribution in [-0.2, 0) is 6.54 Å². The Bertz CT molecular complexity index is 1010. The number of aromatic nitrogens is 2. The van der Waals surface area contributed by atoms with Crippen LogP contribution in [-0.4, -0.2) is 28.8 Å². The smallest absolute Gasteiger partial charge is 0.260 e. The van der Waals surface area contributed by atoms with Crippen molar-refractivity contribution in [2.75, 3.05) is 23.3 Å². The topological polar surface area (TPSA) is 50.2 Å². The molecule has 0 unspecified atom stereocenters. The molecule has 0 bridgehead atoms. The number of halogens is 1. The molecule has 1 aliphatic heterocycles. The van der Waals surface area contributed by atoms with Gasteiger partial charge in [0.15, 0.2) is 0 Å². The van der Waals surface area contributed by atoms with E-state index in [1.165, 1.54) is 25.7 Å². The number of hydrogen-bond donors (Lipinski definition) is 1. The number of carbonyl (C=O) groups excluding carboxylic acids is 1. The summed E-state index contributed by atoms with van der Waals surface area (Å²) < 4.78 is 1.68. The van der Waals surface area contributed by atoms with E-state index in [2.05, 4.69) is 21.4 Å². The van der Waals surface area contributed by atoms with Crippen LogP contribution in [0.5, 0.6) is 0 Å². The van der Waals surface area contributed by atoms with Crippen LogP contribution in [0.15, 0.2) is 54.6 Å². The van der Waals surface area contributed by atoms with E-state index in [4.69, 9.17) is 11.6 Å². The fraction of sp³-hybridized carbons (Fsp3) is 0.333. The molecule has 1 aliphatic rings. The number of benzene rings is 2. The molecule has 1 aromatic heterocycles. The van der Waals surface area contributed by atoms with Gasteiger partial charge in [-0.25, -0.2) is 4.68 Å². The summed E-state index contributed by atoms with van der Waals surface area (Å²) in [7, 11) is 0. The van der Waals surface area contributed by atoms with Crippen molar-refractivity contribution < 1.29 is 4.79 Å². The average Bonchev–Trinajstić information content (AvgIpc) is 2.92. The first-order valence-electron chi connectivity index (χ1n) is 10.6. The molecule has 4 rings (SSSR count). The van der Waals surface area contributed by atoms with Crippen LogP contribution in [0, 0.1) is 6.92 Å². The third-order valence-corrected chi connectivity index (χ3v) is 5.95. The van der Waals surface area contributed by atoms with Crippen molar-refractivity contribution in [1.29, 1.82) is 0 Å². The normalized spacial score (nSPS) is 14.4. The molecule has 0 spiro atoms. The summed E-state index contributed by atoms with van der Waals surface area (Å²) in [5, 5.41) is 7.95. The van der Waals surface area contributed by atoms with Crippen LogP contribution in [0.4, 0.5) is 11.4 Å². The highest BCUT2D eigenvalue weighted by Gasteiger charge is 2.22. The minimum atomic E-state index is -0.223. The highest BCUT2D eigenvalue weighted by atomic mass is 35.5. The largest absolute Gasteiger partial charge is 0.370 e. The lowest BCUT2D eigenvalue weighted by atomic mass is 10.2. The van der Waals surface area contributed by atoms with Crippen LogP contribution in [0.25, 0.3) is 0 Å². The fourth-order valence-electron chi connectivity index (χ4n) is 4.02. The maximum absolute atomic E-state index is 13.2. The quantitative estimate of drug-likeness (QED) is 0.588. The van der Waals surface area contributed by atoms with Crippen molar-refractivity contribution >= 4 is 28.9 Å². The SMILES string of the molecule is Cc1nn(Cc2ccccc2)c(Cl)c1C(=O)Nc1ccccc1N1CCCCCC1. The zero-order valence-electron chi connectivity index (χ0n) is 17.3. The summed E-state index contributed by atoms with van der Waals surface area (Å²) in [5.74, 6) is -0.223.